The fraction of sp³-hybridized carbons (Fsp3) is 0.591. The molecule has 1 aromatic rings. The number of hydrogen-bond donors (Lipinski definition) is 1. The number of hydrogen-bond acceptors (Lipinski definition) is 2. The lowest BCUT2D eigenvalue weighted by molar-refractivity contribution is -0.130. The van der Waals surface area contributed by atoms with Crippen molar-refractivity contribution in [2.75, 3.05) is 0 Å². The summed E-state index contributed by atoms with van der Waals surface area (Å²) < 4.78 is 0. The molecule has 5 atom stereocenters. The van der Waals surface area contributed by atoms with E-state index >= 15 is 0 Å². The monoisotopic (exact) mass is 324 g/mol. The van der Waals surface area contributed by atoms with Gasteiger partial charge in [-0.15, -0.1) is 0 Å². The van der Waals surface area contributed by atoms with E-state index in [1.54, 1.807) is 0 Å². The lowest BCUT2D eigenvalue weighted by atomic mass is 9.52. The first-order valence-electron chi connectivity index (χ1n) is 9.56. The van der Waals surface area contributed by atoms with Crippen molar-refractivity contribution in [2.24, 2.45) is 23.2 Å². The lowest BCUT2D eigenvalue weighted by Gasteiger charge is -2.51. The van der Waals surface area contributed by atoms with Crippen LogP contribution in [0.1, 0.15) is 63.0 Å². The van der Waals surface area contributed by atoms with Gasteiger partial charge in [0.15, 0.2) is 0 Å². The Morgan fingerprint density at radius 2 is 2.12 bits per heavy atom. The molecular weight excluding hydrogens is 296 g/mol. The highest BCUT2D eigenvalue weighted by atomic mass is 16.3. The Kier molecular flexibility index (Phi) is 3.82. The summed E-state index contributed by atoms with van der Waals surface area (Å²) in [6.45, 7) is 4.41. The molecule has 0 bridgehead atoms. The molecular formula is C22H28O2. The second-order valence-corrected chi connectivity index (χ2v) is 8.30. The molecule has 0 aromatic heterocycles. The van der Waals surface area contributed by atoms with Crippen molar-refractivity contribution in [1.29, 1.82) is 0 Å². The average molecular weight is 324 g/mol. The van der Waals surface area contributed by atoms with Crippen molar-refractivity contribution in [2.45, 2.75) is 58.3 Å². The van der Waals surface area contributed by atoms with Crippen LogP contribution in [0.3, 0.4) is 0 Å². The molecule has 2 nitrogen and oxygen atoms in total. The number of aromatic hydroxyl groups is 1. The van der Waals surface area contributed by atoms with Crippen molar-refractivity contribution >= 4 is 5.78 Å². The molecule has 0 heterocycles. The van der Waals surface area contributed by atoms with Crippen LogP contribution in [0, 0.1) is 23.2 Å². The van der Waals surface area contributed by atoms with Gasteiger partial charge >= 0.3 is 0 Å². The highest BCUT2D eigenvalue weighted by Gasteiger charge is 2.57. The van der Waals surface area contributed by atoms with Crippen LogP contribution in [0.2, 0.25) is 0 Å². The Morgan fingerprint density at radius 1 is 1.29 bits per heavy atom. The Bertz CT molecular complexity index is 689. The second-order valence-electron chi connectivity index (χ2n) is 8.30. The van der Waals surface area contributed by atoms with E-state index in [2.05, 4.69) is 32.1 Å². The number of ketones is 1. The number of carbonyl (C=O) groups is 1. The zero-order valence-corrected chi connectivity index (χ0v) is 14.8. The van der Waals surface area contributed by atoms with Crippen molar-refractivity contribution < 1.29 is 9.90 Å². The van der Waals surface area contributed by atoms with E-state index in [9.17, 15) is 9.90 Å². The number of phenolic OH excluding ortho intramolecular Hbond substituents is 1. The van der Waals surface area contributed by atoms with Gasteiger partial charge in [-0.25, -0.2) is 0 Å². The first-order valence-corrected chi connectivity index (χ1v) is 9.56. The zero-order chi connectivity index (χ0) is 16.9. The molecule has 3 aliphatic carbocycles. The normalized spacial score (nSPS) is 38.0. The van der Waals surface area contributed by atoms with E-state index in [1.807, 2.05) is 12.1 Å². The maximum atomic E-state index is 12.7. The summed E-state index contributed by atoms with van der Waals surface area (Å²) in [7, 11) is 0. The minimum absolute atomic E-state index is 0.113. The first kappa shape index (κ1) is 15.9. The maximum absolute atomic E-state index is 12.7. The van der Waals surface area contributed by atoms with Gasteiger partial charge in [0, 0.05) is 11.8 Å². The smallest absolute Gasteiger partial charge is 0.139 e. The molecule has 2 heteroatoms. The quantitative estimate of drug-likeness (QED) is 0.776. The number of fused-ring (bicyclic) bond motifs is 5. The second kappa shape index (κ2) is 5.75. The van der Waals surface area contributed by atoms with Crippen molar-refractivity contribution in [1.82, 2.24) is 0 Å². The SMILES string of the molecule is CC/C=C/C1C[C@]2(C)C(=O)CC[C@H]2[C@@H]2CCc3cc(O)ccc3[C@H]12. The summed E-state index contributed by atoms with van der Waals surface area (Å²) in [5, 5.41) is 9.86. The van der Waals surface area contributed by atoms with Crippen LogP contribution in [0.25, 0.3) is 0 Å². The highest BCUT2D eigenvalue weighted by molar-refractivity contribution is 5.87. The minimum Gasteiger partial charge on any atom is -0.508 e. The molecule has 3 aliphatic rings. The van der Waals surface area contributed by atoms with Gasteiger partial charge in [0.1, 0.15) is 11.5 Å². The third kappa shape index (κ3) is 2.26. The van der Waals surface area contributed by atoms with Crippen LogP contribution >= 0.6 is 0 Å². The molecule has 24 heavy (non-hydrogen) atoms. The fourth-order valence-electron chi connectivity index (χ4n) is 6.03. The number of carbonyl (C=O) groups excluding carboxylic acids is 1. The number of allylic oxidation sites excluding steroid dienone is 2. The number of phenols is 1. The summed E-state index contributed by atoms with van der Waals surface area (Å²) >= 11 is 0. The molecule has 0 saturated heterocycles. The highest BCUT2D eigenvalue weighted by Crippen LogP contribution is 2.61. The van der Waals surface area contributed by atoms with E-state index in [0.29, 0.717) is 35.2 Å². The standard InChI is InChI=1S/C22H28O2/c1-3-4-5-15-13-22(2)19(10-11-20(22)24)18-8-6-14-12-16(23)7-9-17(14)21(15)18/h4-5,7,9,12,15,18-19,21,23H,3,6,8,10-11,13H2,1-2H3/b5-4+/t15?,18-,19-,21-,22-/m0/s1. The third-order valence-corrected chi connectivity index (χ3v) is 7.09. The molecule has 1 aromatic carbocycles. The van der Waals surface area contributed by atoms with E-state index in [4.69, 9.17) is 0 Å². The number of rotatable bonds is 2. The predicted molar refractivity (Wildman–Crippen MR) is 96.0 cm³/mol. The van der Waals surface area contributed by atoms with Gasteiger partial charge in [0.2, 0.25) is 0 Å². The van der Waals surface area contributed by atoms with Crippen molar-refractivity contribution in [3.05, 3.63) is 41.5 Å². The average Bonchev–Trinajstić information content (AvgIpc) is 2.87. The molecule has 1 unspecified atom stereocenters. The van der Waals surface area contributed by atoms with Gasteiger partial charge in [-0.1, -0.05) is 32.1 Å². The summed E-state index contributed by atoms with van der Waals surface area (Å²) in [5.74, 6) is 2.99. The number of Topliss-reactive ketones (excluding diaryl/α,β-unsaturated/α-hetero) is 1. The fourth-order valence-corrected chi connectivity index (χ4v) is 6.03. The molecule has 2 fully saturated rings. The minimum atomic E-state index is -0.113. The molecule has 1 N–H and O–H groups in total. The van der Waals surface area contributed by atoms with Crippen LogP contribution in [0.5, 0.6) is 5.75 Å². The van der Waals surface area contributed by atoms with Gasteiger partial charge in [-0.2, -0.15) is 0 Å². The zero-order valence-electron chi connectivity index (χ0n) is 14.8. The van der Waals surface area contributed by atoms with Crippen molar-refractivity contribution in [3.63, 3.8) is 0 Å². The summed E-state index contributed by atoms with van der Waals surface area (Å²) in [6, 6.07) is 5.95. The van der Waals surface area contributed by atoms with Crippen LogP contribution in [-0.4, -0.2) is 10.9 Å². The first-order chi connectivity index (χ1) is 11.5. The Morgan fingerprint density at radius 3 is 2.92 bits per heavy atom. The molecule has 128 valence electrons. The van der Waals surface area contributed by atoms with Gasteiger partial charge in [0.05, 0.1) is 0 Å². The molecule has 4 rings (SSSR count). The molecule has 0 amide bonds. The van der Waals surface area contributed by atoms with E-state index < -0.39 is 0 Å². The van der Waals surface area contributed by atoms with Crippen LogP contribution < -0.4 is 0 Å². The van der Waals surface area contributed by atoms with E-state index in [1.165, 1.54) is 11.1 Å². The lowest BCUT2D eigenvalue weighted by Crippen LogP contribution is -2.46. The van der Waals surface area contributed by atoms with Gasteiger partial charge in [0.25, 0.3) is 0 Å². The molecule has 0 radical (unpaired) electrons. The Balaban J connectivity index is 1.79. The molecule has 0 aliphatic heterocycles. The van der Waals surface area contributed by atoms with Gasteiger partial charge in [-0.05, 0) is 79.0 Å². The van der Waals surface area contributed by atoms with Gasteiger partial charge < -0.3 is 5.11 Å². The summed E-state index contributed by atoms with van der Waals surface area (Å²) in [4.78, 5) is 12.7. The van der Waals surface area contributed by atoms with Crippen LogP contribution in [0.4, 0.5) is 0 Å². The Hall–Kier alpha value is -1.57. The largest absolute Gasteiger partial charge is 0.508 e. The number of benzene rings is 1. The molecule has 0 spiro atoms. The number of aryl methyl sites for hydroxylation is 1. The van der Waals surface area contributed by atoms with E-state index in [-0.39, 0.29) is 5.41 Å². The van der Waals surface area contributed by atoms with Crippen molar-refractivity contribution in [3.8, 4) is 5.75 Å². The van der Waals surface area contributed by atoms with Crippen LogP contribution in [0.15, 0.2) is 30.4 Å². The summed E-state index contributed by atoms with van der Waals surface area (Å²) in [5.41, 5.74) is 2.63. The summed E-state index contributed by atoms with van der Waals surface area (Å²) in [6.07, 6.45) is 10.7. The maximum Gasteiger partial charge on any atom is 0.139 e. The molecule has 2 saturated carbocycles. The topological polar surface area (TPSA) is 37.3 Å². The van der Waals surface area contributed by atoms with E-state index in [0.717, 1.165) is 38.5 Å². The Labute approximate surface area is 145 Å². The third-order valence-electron chi connectivity index (χ3n) is 7.09. The van der Waals surface area contributed by atoms with Crippen LogP contribution in [-0.2, 0) is 11.2 Å². The predicted octanol–water partition coefficient (Wildman–Crippen LogP) is 5.01. The van der Waals surface area contributed by atoms with Gasteiger partial charge in [-0.3, -0.25) is 4.79 Å².